The van der Waals surface area contributed by atoms with Crippen molar-refractivity contribution in [1.29, 1.82) is 0 Å². The summed E-state index contributed by atoms with van der Waals surface area (Å²) in [6.07, 6.45) is -6.70. The third-order valence-electron chi connectivity index (χ3n) is 4.66. The molecule has 2 aromatic heterocycles. The van der Waals surface area contributed by atoms with E-state index in [1.165, 1.54) is 16.2 Å². The second kappa shape index (κ2) is 8.54. The highest BCUT2D eigenvalue weighted by Gasteiger charge is 2.36. The minimum atomic E-state index is -4.81. The fourth-order valence-electron chi connectivity index (χ4n) is 3.24. The molecule has 4 rings (SSSR count). The van der Waals surface area contributed by atoms with Gasteiger partial charge < -0.3 is 15.8 Å². The first-order valence-corrected chi connectivity index (χ1v) is 9.89. The van der Waals surface area contributed by atoms with Crippen molar-refractivity contribution >= 4 is 27.5 Å². The number of aromatic amines is 1. The van der Waals surface area contributed by atoms with Gasteiger partial charge >= 0.3 is 18.3 Å². The first-order chi connectivity index (χ1) is 14.8. The Balaban J connectivity index is 0.000000181. The first kappa shape index (κ1) is 23.7. The normalized spacial score (nSPS) is 13.6. The summed E-state index contributed by atoms with van der Waals surface area (Å²) in [5.41, 5.74) is 2.87. The fraction of sp³-hybridized carbons (Fsp3) is 0.316. The van der Waals surface area contributed by atoms with E-state index < -0.39 is 29.4 Å². The predicted octanol–water partition coefficient (Wildman–Crippen LogP) is 4.35. The van der Waals surface area contributed by atoms with Crippen molar-refractivity contribution in [1.82, 2.24) is 9.97 Å². The molecule has 0 radical (unpaired) electrons. The highest BCUT2D eigenvalue weighted by Crippen LogP contribution is 2.36. The summed E-state index contributed by atoms with van der Waals surface area (Å²) in [5.74, 6) is -1.48. The number of carboxylic acid groups (broad SMARTS) is 1. The Morgan fingerprint density at radius 3 is 2.19 bits per heavy atom. The van der Waals surface area contributed by atoms with Crippen LogP contribution in [0.4, 0.5) is 26.3 Å². The van der Waals surface area contributed by atoms with Crippen molar-refractivity contribution in [3.8, 4) is 0 Å². The Hall–Kier alpha value is -2.93. The van der Waals surface area contributed by atoms with Crippen LogP contribution >= 0.6 is 11.3 Å². The van der Waals surface area contributed by atoms with Gasteiger partial charge in [-0.15, -0.1) is 11.3 Å². The average Bonchev–Trinajstić information content (AvgIpc) is 3.27. The SMILES string of the molecule is NCc1cc(C(F)(F)F)cc(C(F)(F)F)c1.O=C(O)c1nc2sc3c(c2c(=O)[nH]1)CCC3. The van der Waals surface area contributed by atoms with Gasteiger partial charge in [0.25, 0.3) is 5.56 Å². The lowest BCUT2D eigenvalue weighted by molar-refractivity contribution is -0.143. The van der Waals surface area contributed by atoms with Gasteiger partial charge in [0.05, 0.1) is 16.5 Å². The molecule has 2 heterocycles. The van der Waals surface area contributed by atoms with Gasteiger partial charge in [0, 0.05) is 11.4 Å². The Morgan fingerprint density at radius 1 is 1.09 bits per heavy atom. The van der Waals surface area contributed by atoms with Crippen LogP contribution in [0.5, 0.6) is 0 Å². The van der Waals surface area contributed by atoms with E-state index in [4.69, 9.17) is 10.8 Å². The summed E-state index contributed by atoms with van der Waals surface area (Å²) >= 11 is 1.44. The number of hydrogen-bond donors (Lipinski definition) is 3. The van der Waals surface area contributed by atoms with Crippen LogP contribution in [-0.4, -0.2) is 21.0 Å². The first-order valence-electron chi connectivity index (χ1n) is 9.07. The molecule has 172 valence electrons. The van der Waals surface area contributed by atoms with Gasteiger partial charge in [-0.05, 0) is 48.6 Å². The zero-order chi connectivity index (χ0) is 23.8. The number of thiophene rings is 1. The maximum Gasteiger partial charge on any atom is 0.416 e. The molecule has 1 aliphatic rings. The summed E-state index contributed by atoms with van der Waals surface area (Å²) in [6, 6.07) is 1.28. The number of nitrogens with two attached hydrogens (primary N) is 1. The maximum atomic E-state index is 12.3. The van der Waals surface area contributed by atoms with Crippen molar-refractivity contribution in [2.75, 3.05) is 0 Å². The number of nitrogens with zero attached hydrogens (tertiary/aromatic N) is 1. The van der Waals surface area contributed by atoms with Gasteiger partial charge in [-0.25, -0.2) is 9.78 Å². The lowest BCUT2D eigenvalue weighted by Crippen LogP contribution is -2.15. The number of benzene rings is 1. The second-order valence-electron chi connectivity index (χ2n) is 6.88. The monoisotopic (exact) mass is 479 g/mol. The molecule has 6 nitrogen and oxygen atoms in total. The van der Waals surface area contributed by atoms with Crippen LogP contribution in [0, 0.1) is 0 Å². The topological polar surface area (TPSA) is 109 Å². The lowest BCUT2D eigenvalue weighted by atomic mass is 10.0. The van der Waals surface area contributed by atoms with Gasteiger partial charge in [-0.2, -0.15) is 26.3 Å². The Labute approximate surface area is 179 Å². The molecule has 0 atom stereocenters. The number of aromatic carboxylic acids is 1. The van der Waals surface area contributed by atoms with E-state index in [0.717, 1.165) is 24.8 Å². The van der Waals surface area contributed by atoms with Crippen LogP contribution in [0.2, 0.25) is 0 Å². The maximum absolute atomic E-state index is 12.3. The Bertz CT molecular complexity index is 1200. The average molecular weight is 479 g/mol. The molecule has 4 N–H and O–H groups in total. The molecule has 13 heteroatoms. The zero-order valence-electron chi connectivity index (χ0n) is 16.0. The third-order valence-corrected chi connectivity index (χ3v) is 5.85. The van der Waals surface area contributed by atoms with Crippen LogP contribution < -0.4 is 11.3 Å². The number of alkyl halides is 6. The van der Waals surface area contributed by atoms with Crippen LogP contribution in [0.15, 0.2) is 23.0 Å². The molecule has 0 aliphatic heterocycles. The minimum Gasteiger partial charge on any atom is -0.475 e. The minimum absolute atomic E-state index is 0.0686. The van der Waals surface area contributed by atoms with E-state index in [1.54, 1.807) is 0 Å². The Kier molecular flexibility index (Phi) is 6.33. The van der Waals surface area contributed by atoms with Gasteiger partial charge in [0.2, 0.25) is 5.82 Å². The van der Waals surface area contributed by atoms with Crippen LogP contribution in [0.1, 0.15) is 44.2 Å². The number of H-pyrrole nitrogens is 1. The van der Waals surface area contributed by atoms with E-state index in [1.807, 2.05) is 0 Å². The van der Waals surface area contributed by atoms with Crippen molar-refractivity contribution in [2.45, 2.75) is 38.2 Å². The van der Waals surface area contributed by atoms with E-state index >= 15 is 0 Å². The van der Waals surface area contributed by atoms with E-state index in [-0.39, 0.29) is 29.6 Å². The number of aromatic nitrogens is 2. The molecule has 0 amide bonds. The summed E-state index contributed by atoms with van der Waals surface area (Å²) in [5, 5.41) is 9.37. The zero-order valence-corrected chi connectivity index (χ0v) is 16.8. The number of fused-ring (bicyclic) bond motifs is 3. The van der Waals surface area contributed by atoms with Crippen LogP contribution in [0.3, 0.4) is 0 Å². The molecule has 0 spiro atoms. The number of aryl methyl sites for hydroxylation is 2. The molecular formula is C19H15F6N3O3S. The molecule has 1 aliphatic carbocycles. The van der Waals surface area contributed by atoms with Crippen molar-refractivity contribution in [3.63, 3.8) is 0 Å². The highest BCUT2D eigenvalue weighted by atomic mass is 32.1. The molecular weight excluding hydrogens is 464 g/mol. The smallest absolute Gasteiger partial charge is 0.416 e. The quantitative estimate of drug-likeness (QED) is 0.474. The molecule has 3 aromatic rings. The van der Waals surface area contributed by atoms with Crippen molar-refractivity contribution in [2.24, 2.45) is 5.73 Å². The fourth-order valence-corrected chi connectivity index (χ4v) is 4.50. The molecule has 0 saturated heterocycles. The summed E-state index contributed by atoms with van der Waals surface area (Å²) in [6.45, 7) is -0.382. The van der Waals surface area contributed by atoms with E-state index in [0.29, 0.717) is 22.3 Å². The largest absolute Gasteiger partial charge is 0.475 e. The van der Waals surface area contributed by atoms with E-state index in [2.05, 4.69) is 9.97 Å². The number of hydrogen-bond acceptors (Lipinski definition) is 5. The molecule has 32 heavy (non-hydrogen) atoms. The molecule has 1 aromatic carbocycles. The Morgan fingerprint density at radius 2 is 1.69 bits per heavy atom. The van der Waals surface area contributed by atoms with Crippen LogP contribution in [-0.2, 0) is 31.7 Å². The summed E-state index contributed by atoms with van der Waals surface area (Å²) in [7, 11) is 0. The van der Waals surface area contributed by atoms with Gasteiger partial charge in [0.15, 0.2) is 0 Å². The standard InChI is InChI=1S/C10H8N2O3S.C9H7F6N/c13-8-6-4-2-1-3-5(4)16-9(6)12-7(11-8)10(14)15;10-8(11,12)6-1-5(4-16)2-7(3-6)9(13,14)15/h1-3H2,(H,14,15)(H,11,12,13);1-3H,4,16H2. The van der Waals surface area contributed by atoms with Crippen molar-refractivity contribution < 1.29 is 36.2 Å². The number of carbonyl (C=O) groups is 1. The summed E-state index contributed by atoms with van der Waals surface area (Å²) < 4.78 is 73.6. The predicted molar refractivity (Wildman–Crippen MR) is 104 cm³/mol. The number of halogens is 6. The third kappa shape index (κ3) is 4.93. The van der Waals surface area contributed by atoms with Gasteiger partial charge in [-0.1, -0.05) is 0 Å². The van der Waals surface area contributed by atoms with Gasteiger partial charge in [-0.3, -0.25) is 4.79 Å². The van der Waals surface area contributed by atoms with Gasteiger partial charge in [0.1, 0.15) is 4.83 Å². The lowest BCUT2D eigenvalue weighted by Gasteiger charge is -2.13. The summed E-state index contributed by atoms with van der Waals surface area (Å²) in [4.78, 5) is 30.5. The molecule has 0 unspecified atom stereocenters. The molecule has 0 bridgehead atoms. The van der Waals surface area contributed by atoms with E-state index in [9.17, 15) is 35.9 Å². The molecule has 0 fully saturated rings. The number of rotatable bonds is 2. The second-order valence-corrected chi connectivity index (χ2v) is 7.96. The molecule has 0 saturated carbocycles. The van der Waals surface area contributed by atoms with Crippen LogP contribution in [0.25, 0.3) is 10.2 Å². The highest BCUT2D eigenvalue weighted by molar-refractivity contribution is 7.18. The number of carboxylic acids is 1. The van der Waals surface area contributed by atoms with Crippen molar-refractivity contribution in [3.05, 3.63) is 61.5 Å². The number of nitrogens with one attached hydrogen (secondary N) is 1.